The number of sulfonamides is 1. The van der Waals surface area contributed by atoms with Crippen LogP contribution in [0.25, 0.3) is 0 Å². The van der Waals surface area contributed by atoms with Gasteiger partial charge in [-0.2, -0.15) is 0 Å². The number of nitrogens with zero attached hydrogens (tertiary/aromatic N) is 1. The molecule has 0 amide bonds. The number of para-hydroxylation sites is 1. The molecule has 2 N–H and O–H groups in total. The molecular weight excluding hydrogens is 300 g/mol. The van der Waals surface area contributed by atoms with Gasteiger partial charge in [0.2, 0.25) is 10.0 Å². The molecule has 0 aliphatic heterocycles. The van der Waals surface area contributed by atoms with Crippen molar-refractivity contribution >= 4 is 15.7 Å². The van der Waals surface area contributed by atoms with Gasteiger partial charge in [0, 0.05) is 26.3 Å². The summed E-state index contributed by atoms with van der Waals surface area (Å²) >= 11 is 0. The van der Waals surface area contributed by atoms with Crippen LogP contribution in [0.4, 0.5) is 5.69 Å². The smallest absolute Gasteiger partial charge is 0.244 e. The fraction of sp³-hybridized carbons (Fsp3) is 0.250. The van der Waals surface area contributed by atoms with Crippen LogP contribution in [0, 0.1) is 0 Å². The van der Waals surface area contributed by atoms with Gasteiger partial charge in [0.05, 0.1) is 0 Å². The number of hydrogen-bond donors (Lipinski definition) is 2. The highest BCUT2D eigenvalue weighted by molar-refractivity contribution is 7.89. The Morgan fingerprint density at radius 1 is 1.05 bits per heavy atom. The van der Waals surface area contributed by atoms with E-state index in [4.69, 9.17) is 0 Å². The minimum atomic E-state index is -3.69. The van der Waals surface area contributed by atoms with Gasteiger partial charge in [-0.05, 0) is 36.2 Å². The molecule has 0 fully saturated rings. The van der Waals surface area contributed by atoms with Gasteiger partial charge in [-0.3, -0.25) is 0 Å². The normalized spacial score (nSPS) is 11.4. The molecule has 0 aliphatic rings. The second kappa shape index (κ2) is 6.81. The molecule has 0 saturated carbocycles. The van der Waals surface area contributed by atoms with Gasteiger partial charge in [-0.25, -0.2) is 13.1 Å². The highest BCUT2D eigenvalue weighted by atomic mass is 32.2. The van der Waals surface area contributed by atoms with Crippen molar-refractivity contribution < 1.29 is 13.5 Å². The molecule has 0 spiro atoms. The Hall–Kier alpha value is -2.05. The van der Waals surface area contributed by atoms with Gasteiger partial charge in [-0.15, -0.1) is 0 Å². The molecule has 2 rings (SSSR count). The Balaban J connectivity index is 1.97. The van der Waals surface area contributed by atoms with Crippen molar-refractivity contribution in [2.75, 3.05) is 25.5 Å². The van der Waals surface area contributed by atoms with E-state index in [9.17, 15) is 13.5 Å². The molecule has 22 heavy (non-hydrogen) atoms. The summed E-state index contributed by atoms with van der Waals surface area (Å²) in [6.45, 7) is 0.276. The van der Waals surface area contributed by atoms with Crippen molar-refractivity contribution in [2.45, 2.75) is 11.3 Å². The van der Waals surface area contributed by atoms with Crippen molar-refractivity contribution in [3.05, 3.63) is 54.1 Å². The Morgan fingerprint density at radius 2 is 1.68 bits per heavy atom. The first-order valence-electron chi connectivity index (χ1n) is 6.94. The van der Waals surface area contributed by atoms with Gasteiger partial charge in [0.15, 0.2) is 0 Å². The molecule has 0 radical (unpaired) electrons. The third-order valence-electron chi connectivity index (χ3n) is 3.31. The summed E-state index contributed by atoms with van der Waals surface area (Å²) in [4.78, 5) is 1.91. The van der Waals surface area contributed by atoms with Crippen LogP contribution in [0.1, 0.15) is 5.56 Å². The molecule has 118 valence electrons. The third kappa shape index (κ3) is 3.99. The number of phenolic OH excluding ortho intramolecular Hbond substituents is 1. The molecule has 5 nitrogen and oxygen atoms in total. The molecule has 2 aromatic carbocycles. The maximum absolute atomic E-state index is 12.1. The van der Waals surface area contributed by atoms with Crippen molar-refractivity contribution in [2.24, 2.45) is 0 Å². The number of phenols is 1. The maximum Gasteiger partial charge on any atom is 0.244 e. The topological polar surface area (TPSA) is 69.6 Å². The highest BCUT2D eigenvalue weighted by Crippen LogP contribution is 2.21. The number of nitrogens with one attached hydrogen (secondary N) is 1. The van der Waals surface area contributed by atoms with Gasteiger partial charge in [-0.1, -0.05) is 24.3 Å². The molecule has 0 bridgehead atoms. The molecule has 6 heteroatoms. The van der Waals surface area contributed by atoms with E-state index in [1.165, 1.54) is 12.1 Å². The molecule has 0 heterocycles. The molecule has 2 aromatic rings. The summed E-state index contributed by atoms with van der Waals surface area (Å²) in [6.07, 6.45) is 0.584. The van der Waals surface area contributed by atoms with Crippen LogP contribution in [-0.4, -0.2) is 34.2 Å². The number of aromatic hydroxyl groups is 1. The number of hydrogen-bond acceptors (Lipinski definition) is 4. The van der Waals surface area contributed by atoms with E-state index in [2.05, 4.69) is 4.72 Å². The first-order valence-corrected chi connectivity index (χ1v) is 8.42. The number of rotatable bonds is 6. The summed E-state index contributed by atoms with van der Waals surface area (Å²) in [5.74, 6) is -0.245. The lowest BCUT2D eigenvalue weighted by Gasteiger charge is -2.13. The lowest BCUT2D eigenvalue weighted by atomic mass is 10.1. The van der Waals surface area contributed by atoms with Crippen molar-refractivity contribution in [3.8, 4) is 5.75 Å². The number of anilines is 1. The van der Waals surface area contributed by atoms with Gasteiger partial charge >= 0.3 is 0 Å². The molecule has 0 atom stereocenters. The Morgan fingerprint density at radius 3 is 2.27 bits per heavy atom. The Bertz CT molecular complexity index is 725. The summed E-state index contributed by atoms with van der Waals surface area (Å²) in [5.41, 5.74) is 2.14. The van der Waals surface area contributed by atoms with E-state index in [1.807, 2.05) is 43.3 Å². The van der Waals surface area contributed by atoms with E-state index >= 15 is 0 Å². The standard InChI is InChI=1S/C16H20N2O3S/c1-18(2)14-9-7-13(8-10-14)11-12-17-22(20,21)16-6-4-3-5-15(16)19/h3-10,17,19H,11-12H2,1-2H3. The fourth-order valence-electron chi connectivity index (χ4n) is 2.05. The SMILES string of the molecule is CN(C)c1ccc(CCNS(=O)(=O)c2ccccc2O)cc1. The molecule has 0 saturated heterocycles. The largest absolute Gasteiger partial charge is 0.507 e. The first kappa shape index (κ1) is 16.3. The maximum atomic E-state index is 12.1. The van der Waals surface area contributed by atoms with E-state index in [0.717, 1.165) is 11.3 Å². The van der Waals surface area contributed by atoms with Crippen LogP contribution in [0.15, 0.2) is 53.4 Å². The average molecular weight is 320 g/mol. The molecule has 0 aromatic heterocycles. The van der Waals surface area contributed by atoms with Crippen LogP contribution in [0.3, 0.4) is 0 Å². The predicted molar refractivity (Wildman–Crippen MR) is 87.8 cm³/mol. The van der Waals surface area contributed by atoms with Crippen LogP contribution >= 0.6 is 0 Å². The zero-order chi connectivity index (χ0) is 16.2. The van der Waals surface area contributed by atoms with Crippen molar-refractivity contribution in [3.63, 3.8) is 0 Å². The Kier molecular flexibility index (Phi) is 5.05. The lowest BCUT2D eigenvalue weighted by Crippen LogP contribution is -2.26. The highest BCUT2D eigenvalue weighted by Gasteiger charge is 2.17. The van der Waals surface area contributed by atoms with Crippen LogP contribution < -0.4 is 9.62 Å². The second-order valence-corrected chi connectivity index (χ2v) is 6.91. The lowest BCUT2D eigenvalue weighted by molar-refractivity contribution is 0.458. The minimum absolute atomic E-state index is 0.0991. The summed E-state index contributed by atoms with van der Waals surface area (Å²) in [6, 6.07) is 13.8. The molecular formula is C16H20N2O3S. The summed E-state index contributed by atoms with van der Waals surface area (Å²) in [7, 11) is 0.245. The quantitative estimate of drug-likeness (QED) is 0.854. The van der Waals surface area contributed by atoms with Crippen molar-refractivity contribution in [1.29, 1.82) is 0 Å². The van der Waals surface area contributed by atoms with Crippen LogP contribution in [-0.2, 0) is 16.4 Å². The van der Waals surface area contributed by atoms with E-state index < -0.39 is 10.0 Å². The fourth-order valence-corrected chi connectivity index (χ4v) is 3.18. The molecule has 0 unspecified atom stereocenters. The molecule has 0 aliphatic carbocycles. The van der Waals surface area contributed by atoms with Crippen LogP contribution in [0.5, 0.6) is 5.75 Å². The van der Waals surface area contributed by atoms with E-state index in [1.54, 1.807) is 12.1 Å². The summed E-state index contributed by atoms with van der Waals surface area (Å²) in [5, 5.41) is 9.62. The van der Waals surface area contributed by atoms with Crippen LogP contribution in [0.2, 0.25) is 0 Å². The van der Waals surface area contributed by atoms with E-state index in [-0.39, 0.29) is 17.2 Å². The zero-order valence-electron chi connectivity index (χ0n) is 12.7. The predicted octanol–water partition coefficient (Wildman–Crippen LogP) is 1.98. The zero-order valence-corrected chi connectivity index (χ0v) is 13.5. The third-order valence-corrected chi connectivity index (χ3v) is 4.82. The van der Waals surface area contributed by atoms with E-state index in [0.29, 0.717) is 6.42 Å². The second-order valence-electron chi connectivity index (χ2n) is 5.18. The Labute approximate surface area is 131 Å². The van der Waals surface area contributed by atoms with Gasteiger partial charge in [0.25, 0.3) is 0 Å². The summed E-state index contributed by atoms with van der Waals surface area (Å²) < 4.78 is 26.7. The average Bonchev–Trinajstić information content (AvgIpc) is 2.48. The van der Waals surface area contributed by atoms with Gasteiger partial charge < -0.3 is 10.0 Å². The minimum Gasteiger partial charge on any atom is -0.507 e. The monoisotopic (exact) mass is 320 g/mol. The van der Waals surface area contributed by atoms with Gasteiger partial charge in [0.1, 0.15) is 10.6 Å². The number of benzene rings is 2. The first-order chi connectivity index (χ1) is 10.4. The van der Waals surface area contributed by atoms with Crippen molar-refractivity contribution in [1.82, 2.24) is 4.72 Å².